The fourth-order valence-corrected chi connectivity index (χ4v) is 3.82. The van der Waals surface area contributed by atoms with Crippen LogP contribution in [0.25, 0.3) is 11.2 Å². The van der Waals surface area contributed by atoms with Gasteiger partial charge in [-0.1, -0.05) is 12.2 Å². The van der Waals surface area contributed by atoms with E-state index >= 15 is 0 Å². The molecule has 12 heteroatoms. The number of ether oxygens (including phenoxy) is 2. The minimum atomic E-state index is -3.65. The fourth-order valence-electron chi connectivity index (χ4n) is 2.98. The van der Waals surface area contributed by atoms with Crippen molar-refractivity contribution in [1.82, 2.24) is 19.5 Å². The molecule has 0 bridgehead atoms. The van der Waals surface area contributed by atoms with Crippen molar-refractivity contribution >= 4 is 24.7 Å². The number of fused-ring (bicyclic) bond motifs is 1. The molecule has 154 valence electrons. The summed E-state index contributed by atoms with van der Waals surface area (Å²) in [6.07, 6.45) is 6.35. The standard InChI is InChI=1S/C16H24N5O6P/c1-2-27-28(23,24)10-25-6-3-7-26-12-5-4-11(8-12)21-9-18-13-14(21)19-16(17)20-15(13)22/h4-5,9,11-12H,2-3,6-8,10H2,1H3,(H,23,24)(H3,17,19,20,22)/t11-,12+/m0/s1. The Hall–Kier alpha value is -2.04. The third-order valence-corrected chi connectivity index (χ3v) is 5.35. The molecule has 1 unspecified atom stereocenters. The van der Waals surface area contributed by atoms with Crippen LogP contribution in [0.4, 0.5) is 5.95 Å². The number of nitrogens with zero attached hydrogens (tertiary/aromatic N) is 3. The highest BCUT2D eigenvalue weighted by atomic mass is 31.2. The molecule has 3 rings (SSSR count). The summed E-state index contributed by atoms with van der Waals surface area (Å²) in [5, 5.41) is 0. The number of imidazole rings is 1. The van der Waals surface area contributed by atoms with Crippen LogP contribution >= 0.6 is 7.60 Å². The van der Waals surface area contributed by atoms with Gasteiger partial charge in [-0.15, -0.1) is 0 Å². The maximum atomic E-state index is 11.9. The Morgan fingerprint density at radius 3 is 3.04 bits per heavy atom. The second-order valence-corrected chi connectivity index (χ2v) is 8.11. The van der Waals surface area contributed by atoms with Crippen molar-refractivity contribution < 1.29 is 23.5 Å². The van der Waals surface area contributed by atoms with Crippen LogP contribution in [0.1, 0.15) is 25.8 Å². The Morgan fingerprint density at radius 1 is 1.43 bits per heavy atom. The van der Waals surface area contributed by atoms with Crippen molar-refractivity contribution in [3.63, 3.8) is 0 Å². The first kappa shape index (κ1) is 20.7. The van der Waals surface area contributed by atoms with E-state index in [4.69, 9.17) is 19.7 Å². The molecule has 11 nitrogen and oxygen atoms in total. The number of aromatic amines is 1. The minimum Gasteiger partial charge on any atom is -0.374 e. The van der Waals surface area contributed by atoms with Crippen molar-refractivity contribution in [2.24, 2.45) is 0 Å². The first-order chi connectivity index (χ1) is 13.4. The Labute approximate surface area is 161 Å². The zero-order chi connectivity index (χ0) is 20.1. The number of nitrogens with two attached hydrogens (primary N) is 1. The molecular weight excluding hydrogens is 389 g/mol. The van der Waals surface area contributed by atoms with Crippen LogP contribution < -0.4 is 11.3 Å². The average Bonchev–Trinajstić information content (AvgIpc) is 3.24. The van der Waals surface area contributed by atoms with Crippen LogP contribution in [-0.4, -0.2) is 56.7 Å². The smallest absolute Gasteiger partial charge is 0.353 e. The molecule has 0 aromatic carbocycles. The second kappa shape index (κ2) is 8.97. The highest BCUT2D eigenvalue weighted by molar-refractivity contribution is 7.52. The Kier molecular flexibility index (Phi) is 6.63. The molecule has 2 heterocycles. The Bertz CT molecular complexity index is 941. The largest absolute Gasteiger partial charge is 0.374 e. The van der Waals surface area contributed by atoms with Gasteiger partial charge in [0.2, 0.25) is 5.95 Å². The van der Waals surface area contributed by atoms with Crippen LogP contribution in [0, 0.1) is 0 Å². The normalized spacial score (nSPS) is 21.4. The Balaban J connectivity index is 1.44. The summed E-state index contributed by atoms with van der Waals surface area (Å²) in [6, 6.07) is -0.0357. The lowest BCUT2D eigenvalue weighted by molar-refractivity contribution is 0.0571. The molecule has 2 aromatic rings. The predicted molar refractivity (Wildman–Crippen MR) is 102 cm³/mol. The van der Waals surface area contributed by atoms with E-state index in [0.717, 1.165) is 0 Å². The monoisotopic (exact) mass is 413 g/mol. The molecule has 1 aliphatic carbocycles. The molecule has 0 spiro atoms. The van der Waals surface area contributed by atoms with E-state index in [1.165, 1.54) is 0 Å². The molecule has 0 amide bonds. The lowest BCUT2D eigenvalue weighted by atomic mass is 10.2. The third-order valence-electron chi connectivity index (χ3n) is 4.18. The zero-order valence-corrected chi connectivity index (χ0v) is 16.4. The van der Waals surface area contributed by atoms with Crippen LogP contribution in [-0.2, 0) is 18.6 Å². The summed E-state index contributed by atoms with van der Waals surface area (Å²) in [4.78, 5) is 32.0. The number of aromatic nitrogens is 4. The van der Waals surface area contributed by atoms with E-state index in [1.807, 2.05) is 12.2 Å². The van der Waals surface area contributed by atoms with Crippen molar-refractivity contribution in [2.75, 3.05) is 31.9 Å². The predicted octanol–water partition coefficient (Wildman–Crippen LogP) is 1.17. The quantitative estimate of drug-likeness (QED) is 0.296. The molecule has 0 saturated carbocycles. The SMILES string of the molecule is CCOP(=O)(O)COCCCO[C@@H]1C=C[C@H](n2cnc3c(=O)[nH]c(N)nc32)C1. The fraction of sp³-hybridized carbons (Fsp3) is 0.562. The van der Waals surface area contributed by atoms with Gasteiger partial charge in [0.15, 0.2) is 11.2 Å². The summed E-state index contributed by atoms with van der Waals surface area (Å²) in [5.41, 5.74) is 5.94. The lowest BCUT2D eigenvalue weighted by Crippen LogP contribution is -2.15. The van der Waals surface area contributed by atoms with E-state index < -0.39 is 7.60 Å². The van der Waals surface area contributed by atoms with Crippen molar-refractivity contribution in [2.45, 2.75) is 31.9 Å². The topological polar surface area (TPSA) is 155 Å². The summed E-state index contributed by atoms with van der Waals surface area (Å²) >= 11 is 0. The number of hydrogen-bond acceptors (Lipinski definition) is 8. The number of allylic oxidation sites excluding steroid dienone is 1. The van der Waals surface area contributed by atoms with Gasteiger partial charge in [0.1, 0.15) is 6.35 Å². The second-order valence-electron chi connectivity index (χ2n) is 6.32. The van der Waals surface area contributed by atoms with Crippen molar-refractivity contribution in [1.29, 1.82) is 0 Å². The number of nitrogens with one attached hydrogen (secondary N) is 1. The van der Waals surface area contributed by atoms with Crippen LogP contribution in [0.2, 0.25) is 0 Å². The van der Waals surface area contributed by atoms with Gasteiger partial charge in [-0.25, -0.2) is 4.98 Å². The first-order valence-electron chi connectivity index (χ1n) is 8.96. The maximum Gasteiger partial charge on any atom is 0.353 e. The first-order valence-corrected chi connectivity index (χ1v) is 10.7. The van der Waals surface area contributed by atoms with Gasteiger partial charge in [-0.05, 0) is 13.3 Å². The zero-order valence-electron chi connectivity index (χ0n) is 15.5. The highest BCUT2D eigenvalue weighted by Crippen LogP contribution is 2.41. The van der Waals surface area contributed by atoms with E-state index in [9.17, 15) is 14.3 Å². The van der Waals surface area contributed by atoms with Crippen LogP contribution in [0.5, 0.6) is 0 Å². The van der Waals surface area contributed by atoms with Crippen molar-refractivity contribution in [3.8, 4) is 0 Å². The highest BCUT2D eigenvalue weighted by Gasteiger charge is 2.23. The van der Waals surface area contributed by atoms with E-state index in [-0.39, 0.29) is 42.1 Å². The van der Waals surface area contributed by atoms with Gasteiger partial charge in [0.05, 0.1) is 25.1 Å². The van der Waals surface area contributed by atoms with Crippen LogP contribution in [0.3, 0.4) is 0 Å². The summed E-state index contributed by atoms with van der Waals surface area (Å²) in [6.45, 7) is 2.56. The summed E-state index contributed by atoms with van der Waals surface area (Å²) in [7, 11) is -3.65. The van der Waals surface area contributed by atoms with E-state index in [2.05, 4.69) is 15.0 Å². The van der Waals surface area contributed by atoms with Gasteiger partial charge in [-0.2, -0.15) is 4.98 Å². The molecule has 28 heavy (non-hydrogen) atoms. The van der Waals surface area contributed by atoms with Gasteiger partial charge in [0.25, 0.3) is 5.56 Å². The van der Waals surface area contributed by atoms with Gasteiger partial charge in [0, 0.05) is 19.6 Å². The molecule has 0 aliphatic heterocycles. The molecule has 0 saturated heterocycles. The number of H-pyrrole nitrogens is 1. The average molecular weight is 413 g/mol. The van der Waals surface area contributed by atoms with E-state index in [1.54, 1.807) is 17.8 Å². The number of hydrogen-bond donors (Lipinski definition) is 3. The van der Waals surface area contributed by atoms with Gasteiger partial charge < -0.3 is 29.2 Å². The molecule has 0 fully saturated rings. The summed E-state index contributed by atoms with van der Waals surface area (Å²) < 4.78 is 28.9. The lowest BCUT2D eigenvalue weighted by Gasteiger charge is -2.15. The molecule has 4 N–H and O–H groups in total. The molecule has 1 aliphatic rings. The molecular formula is C16H24N5O6P. The van der Waals surface area contributed by atoms with Crippen molar-refractivity contribution in [3.05, 3.63) is 28.8 Å². The molecule has 0 radical (unpaired) electrons. The van der Waals surface area contributed by atoms with Gasteiger partial charge in [-0.3, -0.25) is 14.3 Å². The number of rotatable bonds is 10. The number of anilines is 1. The minimum absolute atomic E-state index is 0.0357. The van der Waals surface area contributed by atoms with E-state index in [0.29, 0.717) is 31.7 Å². The third kappa shape index (κ3) is 5.06. The van der Waals surface area contributed by atoms with Gasteiger partial charge >= 0.3 is 7.60 Å². The molecule has 3 atom stereocenters. The maximum absolute atomic E-state index is 11.9. The molecule has 2 aromatic heterocycles. The number of nitrogen functional groups attached to an aromatic ring is 1. The summed E-state index contributed by atoms with van der Waals surface area (Å²) in [5.74, 6) is 0.0470. The van der Waals surface area contributed by atoms with Crippen LogP contribution in [0.15, 0.2) is 23.3 Å². The Morgan fingerprint density at radius 2 is 2.25 bits per heavy atom.